The smallest absolute Gasteiger partial charge is 0.480 e. The van der Waals surface area contributed by atoms with Crippen LogP contribution < -0.4 is 27.0 Å². The Hall–Kier alpha value is -6.06. The van der Waals surface area contributed by atoms with Gasteiger partial charge in [-0.2, -0.15) is 26.3 Å². The van der Waals surface area contributed by atoms with Crippen molar-refractivity contribution in [3.05, 3.63) is 95.1 Å². The second-order valence-electron chi connectivity index (χ2n) is 10.8. The highest BCUT2D eigenvalue weighted by Crippen LogP contribution is 2.23. The molecule has 15 nitrogen and oxygen atoms in total. The number of amides is 3. The number of benzene rings is 3. The van der Waals surface area contributed by atoms with Crippen LogP contribution in [0.5, 0.6) is 0 Å². The third kappa shape index (κ3) is 15.7. The van der Waals surface area contributed by atoms with E-state index in [9.17, 15) is 50.6 Å². The number of nitrogens with two attached hydrogens (primary N) is 2. The Labute approximate surface area is 302 Å². The largest absolute Gasteiger partial charge is 0.490 e. The van der Waals surface area contributed by atoms with Crippen LogP contribution >= 0.6 is 0 Å². The van der Waals surface area contributed by atoms with Gasteiger partial charge >= 0.3 is 30.3 Å². The number of imide groups is 1. The number of carboxylic acids is 3. The highest BCUT2D eigenvalue weighted by atomic mass is 19.4. The van der Waals surface area contributed by atoms with Gasteiger partial charge in [-0.05, 0) is 60.9 Å². The van der Waals surface area contributed by atoms with Gasteiger partial charge in [-0.1, -0.05) is 36.4 Å². The Balaban J connectivity index is 0.000000403. The maximum absolute atomic E-state index is 12.6. The summed E-state index contributed by atoms with van der Waals surface area (Å²) in [7, 11) is 0. The lowest BCUT2D eigenvalue weighted by Gasteiger charge is -2.21. The number of halogens is 6. The van der Waals surface area contributed by atoms with Crippen LogP contribution in [0.1, 0.15) is 38.8 Å². The molecular formula is C33H35F6N5O10. The van der Waals surface area contributed by atoms with Crippen molar-refractivity contribution in [1.29, 1.82) is 0 Å². The van der Waals surface area contributed by atoms with Crippen molar-refractivity contribution >= 4 is 47.0 Å². The minimum absolute atomic E-state index is 0.325. The van der Waals surface area contributed by atoms with Gasteiger partial charge in [0.2, 0.25) is 5.91 Å². The van der Waals surface area contributed by atoms with Gasteiger partial charge in [0, 0.05) is 35.6 Å². The molecule has 1 aliphatic rings. The molecule has 0 spiro atoms. The maximum atomic E-state index is 12.6. The van der Waals surface area contributed by atoms with Crippen molar-refractivity contribution in [2.75, 3.05) is 23.3 Å². The molecule has 1 heterocycles. The average Bonchev–Trinajstić information content (AvgIpc) is 3.58. The molecule has 2 atom stereocenters. The molecule has 0 saturated carbocycles. The van der Waals surface area contributed by atoms with Crippen LogP contribution in [0.3, 0.4) is 0 Å². The van der Waals surface area contributed by atoms with E-state index in [1.54, 1.807) is 54.6 Å². The van der Waals surface area contributed by atoms with E-state index in [0.717, 1.165) is 29.8 Å². The first kappa shape index (κ1) is 46.0. The molecule has 0 unspecified atom stereocenters. The first-order valence-electron chi connectivity index (χ1n) is 15.1. The summed E-state index contributed by atoms with van der Waals surface area (Å²) in [5, 5.41) is 37.8. The van der Waals surface area contributed by atoms with Crippen molar-refractivity contribution in [3.63, 3.8) is 0 Å². The molecule has 294 valence electrons. The molecular weight excluding hydrogens is 740 g/mol. The van der Waals surface area contributed by atoms with Gasteiger partial charge < -0.3 is 37.2 Å². The Bertz CT molecular complexity index is 1750. The van der Waals surface area contributed by atoms with Crippen molar-refractivity contribution in [2.45, 2.75) is 44.4 Å². The fourth-order valence-corrected chi connectivity index (χ4v) is 3.93. The number of rotatable bonds is 8. The zero-order chi connectivity index (χ0) is 41.4. The Morgan fingerprint density at radius 3 is 1.87 bits per heavy atom. The summed E-state index contributed by atoms with van der Waals surface area (Å²) >= 11 is 0. The van der Waals surface area contributed by atoms with Crippen LogP contribution in [-0.4, -0.2) is 93.6 Å². The van der Waals surface area contributed by atoms with Crippen molar-refractivity contribution in [2.24, 2.45) is 11.5 Å². The number of alkyl halides is 6. The number of para-hydroxylation sites is 1. The van der Waals surface area contributed by atoms with E-state index in [-0.39, 0.29) is 5.91 Å². The maximum Gasteiger partial charge on any atom is 0.490 e. The van der Waals surface area contributed by atoms with E-state index in [1.807, 2.05) is 18.2 Å². The monoisotopic (exact) mass is 775 g/mol. The predicted molar refractivity (Wildman–Crippen MR) is 178 cm³/mol. The lowest BCUT2D eigenvalue weighted by atomic mass is 10.1. The SMILES string of the molecule is C[C@@H](O)[C@H](N)C(=O)NC(=O)c1ccc2c(c1)NCC2.NCc1cccc(C(=O)N(CC(=O)O)c2ccccc2)c1.O=C(O)C(F)(F)F.O=C(O)C(F)(F)F. The predicted octanol–water partition coefficient (Wildman–Crippen LogP) is 2.76. The summed E-state index contributed by atoms with van der Waals surface area (Å²) < 4.78 is 63.5. The van der Waals surface area contributed by atoms with Crippen LogP contribution in [0.2, 0.25) is 0 Å². The molecule has 21 heteroatoms. The van der Waals surface area contributed by atoms with Gasteiger partial charge in [-0.15, -0.1) is 0 Å². The molecule has 0 fully saturated rings. The minimum Gasteiger partial charge on any atom is -0.480 e. The summed E-state index contributed by atoms with van der Waals surface area (Å²) in [6.45, 7) is 2.18. The molecule has 10 N–H and O–H groups in total. The van der Waals surface area contributed by atoms with Crippen molar-refractivity contribution in [1.82, 2.24) is 5.32 Å². The zero-order valence-electron chi connectivity index (χ0n) is 28.0. The highest BCUT2D eigenvalue weighted by molar-refractivity contribution is 6.08. The first-order valence-corrected chi connectivity index (χ1v) is 15.1. The summed E-state index contributed by atoms with van der Waals surface area (Å²) in [4.78, 5) is 66.1. The second-order valence-corrected chi connectivity index (χ2v) is 10.8. The van der Waals surface area contributed by atoms with Gasteiger partial charge in [0.15, 0.2) is 0 Å². The molecule has 3 aromatic carbocycles. The van der Waals surface area contributed by atoms with Crippen molar-refractivity contribution in [3.8, 4) is 0 Å². The van der Waals surface area contributed by atoms with Gasteiger partial charge in [0.05, 0.1) is 6.10 Å². The molecule has 0 aromatic heterocycles. The number of hydrogen-bond acceptors (Lipinski definition) is 10. The lowest BCUT2D eigenvalue weighted by molar-refractivity contribution is -0.193. The molecule has 0 radical (unpaired) electrons. The Morgan fingerprint density at radius 1 is 0.833 bits per heavy atom. The number of aliphatic hydroxyl groups excluding tert-OH is 1. The van der Waals surface area contributed by atoms with Crippen molar-refractivity contribution < 1.29 is 75.5 Å². The third-order valence-electron chi connectivity index (χ3n) is 6.64. The fraction of sp³-hybridized carbons (Fsp3) is 0.273. The van der Waals surface area contributed by atoms with E-state index in [0.29, 0.717) is 23.4 Å². The standard InChI is InChI=1S/C16H16N2O3.C13H17N3O3.2C2HF3O2/c17-10-12-5-4-6-13(9-12)16(21)18(11-15(19)20)14-7-2-1-3-8-14;1-7(17)11(14)13(19)16-12(18)9-3-2-8-4-5-15-10(8)6-9;2*3-2(4,5)1(6)7/h1-9H,10-11,17H2,(H,19,20);2-3,6-7,11,15,17H,4-5,14H2,1H3,(H,16,18,19);2*(H,6,7)/t;7-,11+;;/m.1../s1. The summed E-state index contributed by atoms with van der Waals surface area (Å²) in [6, 6.07) is 19.7. The summed E-state index contributed by atoms with van der Waals surface area (Å²) in [5.41, 5.74) is 15.3. The molecule has 1 aliphatic heterocycles. The number of nitrogens with zero attached hydrogens (tertiary/aromatic N) is 1. The number of fused-ring (bicyclic) bond motifs is 1. The van der Waals surface area contributed by atoms with Gasteiger partial charge in [0.25, 0.3) is 11.8 Å². The topological polar surface area (TPSA) is 263 Å². The van der Waals surface area contributed by atoms with Crippen LogP contribution in [-0.2, 0) is 32.1 Å². The Morgan fingerprint density at radius 2 is 1.39 bits per heavy atom. The van der Waals surface area contributed by atoms with E-state index in [4.69, 9.17) is 36.4 Å². The summed E-state index contributed by atoms with van der Waals surface area (Å²) in [6.07, 6.45) is -10.2. The second kappa shape index (κ2) is 20.8. The molecule has 0 saturated heterocycles. The molecule has 0 bridgehead atoms. The number of aliphatic carboxylic acids is 3. The summed E-state index contributed by atoms with van der Waals surface area (Å²) in [5.74, 6) is -8.15. The minimum atomic E-state index is -5.08. The van der Waals surface area contributed by atoms with Crippen LogP contribution in [0, 0.1) is 0 Å². The normalized spacial score (nSPS) is 12.6. The number of nitrogens with one attached hydrogen (secondary N) is 2. The first-order chi connectivity index (χ1) is 25.0. The number of carboxylic acid groups (broad SMARTS) is 3. The zero-order valence-corrected chi connectivity index (χ0v) is 28.0. The average molecular weight is 776 g/mol. The molecule has 0 aliphatic carbocycles. The molecule has 4 rings (SSSR count). The number of aliphatic hydroxyl groups is 1. The number of carbonyl (C=O) groups is 6. The van der Waals surface area contributed by atoms with E-state index in [1.165, 1.54) is 11.8 Å². The van der Waals surface area contributed by atoms with E-state index < -0.39 is 60.8 Å². The van der Waals surface area contributed by atoms with Crippen LogP contribution in [0.4, 0.5) is 37.7 Å². The van der Waals surface area contributed by atoms with E-state index >= 15 is 0 Å². The van der Waals surface area contributed by atoms with E-state index in [2.05, 4.69) is 10.6 Å². The number of carbonyl (C=O) groups excluding carboxylic acids is 3. The van der Waals surface area contributed by atoms with Gasteiger partial charge in [-0.25, -0.2) is 9.59 Å². The quantitative estimate of drug-likeness (QED) is 0.153. The van der Waals surface area contributed by atoms with Gasteiger partial charge in [-0.3, -0.25) is 29.4 Å². The molecule has 3 aromatic rings. The lowest BCUT2D eigenvalue weighted by Crippen LogP contribution is -2.49. The number of hydrogen-bond donors (Lipinski definition) is 8. The fourth-order valence-electron chi connectivity index (χ4n) is 3.93. The molecule has 3 amide bonds. The van der Waals surface area contributed by atoms with Gasteiger partial charge in [0.1, 0.15) is 12.6 Å². The highest BCUT2D eigenvalue weighted by Gasteiger charge is 2.39. The number of anilines is 2. The van der Waals surface area contributed by atoms with Crippen LogP contribution in [0.15, 0.2) is 72.8 Å². The Kier molecular flexibility index (Phi) is 17.7. The third-order valence-corrected chi connectivity index (χ3v) is 6.64. The molecule has 54 heavy (non-hydrogen) atoms. The van der Waals surface area contributed by atoms with Crippen LogP contribution in [0.25, 0.3) is 0 Å².